The van der Waals surface area contributed by atoms with Gasteiger partial charge in [0.05, 0.1) is 16.8 Å². The van der Waals surface area contributed by atoms with Gasteiger partial charge >= 0.3 is 0 Å². The van der Waals surface area contributed by atoms with Gasteiger partial charge in [-0.05, 0) is 53.6 Å². The van der Waals surface area contributed by atoms with Crippen molar-refractivity contribution < 1.29 is 4.79 Å². The summed E-state index contributed by atoms with van der Waals surface area (Å²) >= 11 is 8.33. The normalized spacial score (nSPS) is 21.3. The Balaban J connectivity index is 2.32. The van der Waals surface area contributed by atoms with Crippen molar-refractivity contribution in [2.75, 3.05) is 11.4 Å². The molecule has 86 valence electrons. The van der Waals surface area contributed by atoms with Crippen molar-refractivity contribution in [2.24, 2.45) is 5.73 Å². The van der Waals surface area contributed by atoms with Crippen molar-refractivity contribution in [1.29, 1.82) is 0 Å². The number of rotatable bonds is 1. The number of amides is 1. The molecule has 1 aliphatic rings. The van der Waals surface area contributed by atoms with Gasteiger partial charge in [-0.25, -0.2) is 0 Å². The standard InChI is InChI=1S/C11H12ClIN2O/c12-8-6-7(13)3-4-10(8)15-5-1-2-9(14)11(15)16/h3-4,6,9H,1-2,5,14H2. The van der Waals surface area contributed by atoms with E-state index in [0.717, 1.165) is 22.1 Å². The van der Waals surface area contributed by atoms with Crippen LogP contribution in [0.3, 0.4) is 0 Å². The number of halogens is 2. The third-order valence-corrected chi connectivity index (χ3v) is 3.65. The molecule has 1 saturated heterocycles. The Morgan fingerprint density at radius 3 is 2.94 bits per heavy atom. The summed E-state index contributed by atoms with van der Waals surface area (Å²) in [5.41, 5.74) is 6.52. The quantitative estimate of drug-likeness (QED) is 0.791. The average Bonchev–Trinajstić information content (AvgIpc) is 2.23. The van der Waals surface area contributed by atoms with Crippen LogP contribution < -0.4 is 10.6 Å². The van der Waals surface area contributed by atoms with Crippen LogP contribution in [0.1, 0.15) is 12.8 Å². The molecule has 0 radical (unpaired) electrons. The van der Waals surface area contributed by atoms with E-state index in [1.54, 1.807) is 4.90 Å². The number of carbonyl (C=O) groups is 1. The number of piperidine rings is 1. The molecule has 0 bridgehead atoms. The monoisotopic (exact) mass is 350 g/mol. The largest absolute Gasteiger partial charge is 0.320 e. The molecule has 1 atom stereocenters. The second kappa shape index (κ2) is 4.89. The van der Waals surface area contributed by atoms with Crippen LogP contribution in [-0.2, 0) is 4.79 Å². The lowest BCUT2D eigenvalue weighted by atomic mass is 10.0. The molecule has 1 aromatic carbocycles. The molecule has 5 heteroatoms. The molecule has 16 heavy (non-hydrogen) atoms. The molecular weight excluding hydrogens is 338 g/mol. The molecule has 0 aliphatic carbocycles. The second-order valence-electron chi connectivity index (χ2n) is 3.83. The van der Waals surface area contributed by atoms with Crippen molar-refractivity contribution in [1.82, 2.24) is 0 Å². The van der Waals surface area contributed by atoms with Crippen LogP contribution >= 0.6 is 34.2 Å². The second-order valence-corrected chi connectivity index (χ2v) is 5.49. The third kappa shape index (κ3) is 2.33. The van der Waals surface area contributed by atoms with Crippen LogP contribution in [-0.4, -0.2) is 18.5 Å². The Labute approximate surface area is 113 Å². The Morgan fingerprint density at radius 1 is 1.50 bits per heavy atom. The van der Waals surface area contributed by atoms with E-state index < -0.39 is 0 Å². The zero-order chi connectivity index (χ0) is 11.7. The number of benzene rings is 1. The van der Waals surface area contributed by atoms with Crippen LogP contribution in [0, 0.1) is 3.57 Å². The Hall–Kier alpha value is -0.330. The molecule has 2 N–H and O–H groups in total. The van der Waals surface area contributed by atoms with E-state index in [4.69, 9.17) is 17.3 Å². The van der Waals surface area contributed by atoms with Crippen LogP contribution in [0.15, 0.2) is 18.2 Å². The van der Waals surface area contributed by atoms with E-state index in [2.05, 4.69) is 22.6 Å². The van der Waals surface area contributed by atoms with Crippen molar-refractivity contribution in [3.05, 3.63) is 26.8 Å². The van der Waals surface area contributed by atoms with Gasteiger partial charge in [-0.2, -0.15) is 0 Å². The molecule has 3 nitrogen and oxygen atoms in total. The van der Waals surface area contributed by atoms with Crippen LogP contribution in [0.4, 0.5) is 5.69 Å². The smallest absolute Gasteiger partial charge is 0.243 e. The van der Waals surface area contributed by atoms with Crippen molar-refractivity contribution in [2.45, 2.75) is 18.9 Å². The summed E-state index contributed by atoms with van der Waals surface area (Å²) in [6, 6.07) is 5.28. The Bertz CT molecular complexity index is 424. The Morgan fingerprint density at radius 2 is 2.25 bits per heavy atom. The van der Waals surface area contributed by atoms with E-state index in [9.17, 15) is 4.79 Å². The number of nitrogens with two attached hydrogens (primary N) is 1. The van der Waals surface area contributed by atoms with Crippen molar-refractivity contribution in [3.8, 4) is 0 Å². The zero-order valence-electron chi connectivity index (χ0n) is 8.62. The molecule has 1 heterocycles. The van der Waals surface area contributed by atoms with Crippen molar-refractivity contribution >= 4 is 45.8 Å². The van der Waals surface area contributed by atoms with Gasteiger partial charge < -0.3 is 10.6 Å². The van der Waals surface area contributed by atoms with Gasteiger partial charge in [0.25, 0.3) is 0 Å². The Kier molecular flexibility index (Phi) is 3.71. The van der Waals surface area contributed by atoms with Gasteiger partial charge in [-0.15, -0.1) is 0 Å². The molecule has 1 aromatic rings. The minimum Gasteiger partial charge on any atom is -0.320 e. The maximum absolute atomic E-state index is 11.9. The predicted octanol–water partition coefficient (Wildman–Crippen LogP) is 2.40. The molecule has 1 unspecified atom stereocenters. The fraction of sp³-hybridized carbons (Fsp3) is 0.364. The fourth-order valence-corrected chi connectivity index (χ4v) is 2.80. The first kappa shape index (κ1) is 12.1. The summed E-state index contributed by atoms with van der Waals surface area (Å²) in [5.74, 6) is -0.0330. The van der Waals surface area contributed by atoms with E-state index in [-0.39, 0.29) is 11.9 Å². The number of carbonyl (C=O) groups excluding carboxylic acids is 1. The molecule has 0 saturated carbocycles. The van der Waals surface area contributed by atoms with E-state index >= 15 is 0 Å². The van der Waals surface area contributed by atoms with E-state index in [1.807, 2.05) is 18.2 Å². The van der Waals surface area contributed by atoms with Gasteiger partial charge in [-0.1, -0.05) is 11.6 Å². The SMILES string of the molecule is NC1CCCN(c2ccc(I)cc2Cl)C1=O. The fourth-order valence-electron chi connectivity index (χ4n) is 1.84. The third-order valence-electron chi connectivity index (χ3n) is 2.68. The molecule has 1 aliphatic heterocycles. The van der Waals surface area contributed by atoms with Crippen molar-refractivity contribution in [3.63, 3.8) is 0 Å². The first-order chi connectivity index (χ1) is 7.59. The summed E-state index contributed by atoms with van der Waals surface area (Å²) in [6.07, 6.45) is 1.69. The highest BCUT2D eigenvalue weighted by atomic mass is 127. The predicted molar refractivity (Wildman–Crippen MR) is 73.7 cm³/mol. The van der Waals surface area contributed by atoms with Crippen LogP contribution in [0.5, 0.6) is 0 Å². The van der Waals surface area contributed by atoms with E-state index in [1.165, 1.54) is 0 Å². The maximum Gasteiger partial charge on any atom is 0.243 e. The van der Waals surface area contributed by atoms with Crippen LogP contribution in [0.25, 0.3) is 0 Å². The summed E-state index contributed by atoms with van der Waals surface area (Å²) in [6.45, 7) is 0.701. The summed E-state index contributed by atoms with van der Waals surface area (Å²) in [5, 5.41) is 0.606. The number of hydrogen-bond donors (Lipinski definition) is 1. The topological polar surface area (TPSA) is 46.3 Å². The van der Waals surface area contributed by atoms with Crippen LogP contribution in [0.2, 0.25) is 5.02 Å². The summed E-state index contributed by atoms with van der Waals surface area (Å²) < 4.78 is 1.06. The number of nitrogens with zero attached hydrogens (tertiary/aromatic N) is 1. The zero-order valence-corrected chi connectivity index (χ0v) is 11.5. The number of anilines is 1. The van der Waals surface area contributed by atoms with Gasteiger partial charge in [0, 0.05) is 10.1 Å². The molecule has 1 amide bonds. The highest BCUT2D eigenvalue weighted by Crippen LogP contribution is 2.29. The molecule has 2 rings (SSSR count). The lowest BCUT2D eigenvalue weighted by molar-refractivity contribution is -0.120. The lowest BCUT2D eigenvalue weighted by Crippen LogP contribution is -2.48. The summed E-state index contributed by atoms with van der Waals surface area (Å²) in [7, 11) is 0. The van der Waals surface area contributed by atoms with Gasteiger partial charge in [-0.3, -0.25) is 4.79 Å². The van der Waals surface area contributed by atoms with E-state index in [0.29, 0.717) is 11.6 Å². The molecule has 0 aromatic heterocycles. The molecule has 1 fully saturated rings. The van der Waals surface area contributed by atoms with Gasteiger partial charge in [0.2, 0.25) is 5.91 Å². The minimum atomic E-state index is -0.385. The first-order valence-corrected chi connectivity index (χ1v) is 6.57. The number of hydrogen-bond acceptors (Lipinski definition) is 2. The molecular formula is C11H12ClIN2O. The lowest BCUT2D eigenvalue weighted by Gasteiger charge is -2.31. The average molecular weight is 351 g/mol. The highest BCUT2D eigenvalue weighted by molar-refractivity contribution is 14.1. The summed E-state index contributed by atoms with van der Waals surface area (Å²) in [4.78, 5) is 13.6. The highest BCUT2D eigenvalue weighted by Gasteiger charge is 2.27. The molecule has 0 spiro atoms. The minimum absolute atomic E-state index is 0.0330. The van der Waals surface area contributed by atoms with Gasteiger partial charge in [0.1, 0.15) is 0 Å². The maximum atomic E-state index is 11.9. The van der Waals surface area contributed by atoms with Gasteiger partial charge in [0.15, 0.2) is 0 Å². The first-order valence-electron chi connectivity index (χ1n) is 5.11.